The minimum Gasteiger partial charge on any atom is -0.464 e. The van der Waals surface area contributed by atoms with Crippen molar-refractivity contribution in [3.05, 3.63) is 22.7 Å². The third-order valence-electron chi connectivity index (χ3n) is 1.03. The van der Waals surface area contributed by atoms with Gasteiger partial charge >= 0.3 is 5.97 Å². The molecule has 1 aromatic heterocycles. The molecule has 0 aliphatic heterocycles. The molecule has 0 saturated heterocycles. The normalized spacial score (nSPS) is 9.27. The van der Waals surface area contributed by atoms with Gasteiger partial charge in [-0.15, -0.1) is 0 Å². The Morgan fingerprint density at radius 3 is 2.91 bits per heavy atom. The van der Waals surface area contributed by atoms with Crippen molar-refractivity contribution in [2.24, 2.45) is 0 Å². The molecule has 0 aromatic carbocycles. The summed E-state index contributed by atoms with van der Waals surface area (Å²) in [5, 5.41) is 0. The van der Waals surface area contributed by atoms with Gasteiger partial charge in [-0.1, -0.05) is 0 Å². The molecule has 0 amide bonds. The Balaban J connectivity index is 2.96. The molecule has 0 unspecified atom stereocenters. The Hall–Kier alpha value is -0.970. The first kappa shape index (κ1) is 8.13. The molecule has 11 heavy (non-hydrogen) atoms. The maximum absolute atomic E-state index is 10.8. The molecular weight excluding hydrogens is 212 g/mol. The number of nitrogens with zero attached hydrogens (tertiary/aromatic N) is 2. The smallest absolute Gasteiger partial charge is 0.356 e. The highest BCUT2D eigenvalue weighted by atomic mass is 79.9. The second kappa shape index (κ2) is 3.43. The number of carbonyl (C=O) groups is 1. The lowest BCUT2D eigenvalue weighted by atomic mass is 10.4. The summed E-state index contributed by atoms with van der Waals surface area (Å²) in [6.07, 6.45) is 1.29. The van der Waals surface area contributed by atoms with Gasteiger partial charge in [0.2, 0.25) is 0 Å². The number of carbonyl (C=O) groups excluding carboxylic acids is 1. The number of halogens is 1. The zero-order valence-electron chi connectivity index (χ0n) is 5.74. The van der Waals surface area contributed by atoms with E-state index in [9.17, 15) is 4.79 Å². The number of methoxy groups -OCH3 is 1. The lowest BCUT2D eigenvalue weighted by Gasteiger charge is -1.96. The zero-order chi connectivity index (χ0) is 8.27. The molecule has 58 valence electrons. The summed E-state index contributed by atoms with van der Waals surface area (Å²) in [6, 6.07) is 1.49. The van der Waals surface area contributed by atoms with Crippen LogP contribution in [0.15, 0.2) is 17.0 Å². The molecule has 0 saturated carbocycles. The van der Waals surface area contributed by atoms with Gasteiger partial charge < -0.3 is 4.74 Å². The van der Waals surface area contributed by atoms with Crippen LogP contribution < -0.4 is 0 Å². The van der Waals surface area contributed by atoms with Gasteiger partial charge in [0, 0.05) is 6.07 Å². The fourth-order valence-corrected chi connectivity index (χ4v) is 0.858. The molecule has 4 nitrogen and oxygen atoms in total. The molecule has 0 radical (unpaired) electrons. The van der Waals surface area contributed by atoms with Gasteiger partial charge in [0.25, 0.3) is 0 Å². The standard InChI is InChI=1S/C6H5BrN2O2/c1-11-6(10)4-2-5(7)9-3-8-4/h2-3H,1H3. The van der Waals surface area contributed by atoms with E-state index in [1.165, 1.54) is 19.5 Å². The van der Waals surface area contributed by atoms with E-state index in [0.29, 0.717) is 4.60 Å². The first-order valence-corrected chi connectivity index (χ1v) is 3.59. The maximum Gasteiger partial charge on any atom is 0.356 e. The van der Waals surface area contributed by atoms with Crippen molar-refractivity contribution in [2.75, 3.05) is 7.11 Å². The van der Waals surface area contributed by atoms with Gasteiger partial charge in [-0.3, -0.25) is 0 Å². The van der Waals surface area contributed by atoms with Crippen LogP contribution in [0.4, 0.5) is 0 Å². The molecule has 5 heteroatoms. The number of esters is 1. The van der Waals surface area contributed by atoms with Crippen molar-refractivity contribution in [3.8, 4) is 0 Å². The van der Waals surface area contributed by atoms with E-state index >= 15 is 0 Å². The van der Waals surface area contributed by atoms with Gasteiger partial charge in [0.1, 0.15) is 10.9 Å². The minimum absolute atomic E-state index is 0.245. The van der Waals surface area contributed by atoms with Crippen LogP contribution in [0, 0.1) is 0 Å². The monoisotopic (exact) mass is 216 g/mol. The topological polar surface area (TPSA) is 52.1 Å². The van der Waals surface area contributed by atoms with Crippen molar-refractivity contribution in [3.63, 3.8) is 0 Å². The Bertz CT molecular complexity index is 277. The fraction of sp³-hybridized carbons (Fsp3) is 0.167. The Kier molecular flexibility index (Phi) is 2.53. The van der Waals surface area contributed by atoms with Crippen molar-refractivity contribution >= 4 is 21.9 Å². The van der Waals surface area contributed by atoms with E-state index in [1.807, 2.05) is 0 Å². The first-order chi connectivity index (χ1) is 5.24. The van der Waals surface area contributed by atoms with Crippen molar-refractivity contribution < 1.29 is 9.53 Å². The van der Waals surface area contributed by atoms with E-state index in [2.05, 4.69) is 30.6 Å². The summed E-state index contributed by atoms with van der Waals surface area (Å²) >= 11 is 3.10. The van der Waals surface area contributed by atoms with Crippen LogP contribution in [0.5, 0.6) is 0 Å². The molecule has 1 aromatic rings. The second-order valence-corrected chi connectivity index (χ2v) is 2.53. The number of hydrogen-bond donors (Lipinski definition) is 0. The predicted molar refractivity (Wildman–Crippen MR) is 41.1 cm³/mol. The lowest BCUT2D eigenvalue weighted by Crippen LogP contribution is -2.03. The van der Waals surface area contributed by atoms with E-state index < -0.39 is 5.97 Å². The molecular formula is C6H5BrN2O2. The van der Waals surface area contributed by atoms with Crippen LogP contribution in [-0.4, -0.2) is 23.0 Å². The highest BCUT2D eigenvalue weighted by Crippen LogP contribution is 2.05. The number of rotatable bonds is 1. The van der Waals surface area contributed by atoms with E-state index in [-0.39, 0.29) is 5.69 Å². The fourth-order valence-electron chi connectivity index (χ4n) is 0.550. The van der Waals surface area contributed by atoms with E-state index in [1.54, 1.807) is 0 Å². The summed E-state index contributed by atoms with van der Waals surface area (Å²) in [7, 11) is 1.30. The highest BCUT2D eigenvalue weighted by molar-refractivity contribution is 9.10. The minimum atomic E-state index is -0.465. The summed E-state index contributed by atoms with van der Waals surface area (Å²) in [6.45, 7) is 0. The SMILES string of the molecule is COC(=O)c1cc(Br)ncn1. The van der Waals surface area contributed by atoms with Crippen LogP contribution >= 0.6 is 15.9 Å². The molecule has 0 spiro atoms. The molecule has 0 fully saturated rings. The molecule has 0 atom stereocenters. The maximum atomic E-state index is 10.8. The summed E-state index contributed by atoms with van der Waals surface area (Å²) in [4.78, 5) is 18.3. The van der Waals surface area contributed by atoms with E-state index in [0.717, 1.165) is 0 Å². The van der Waals surface area contributed by atoms with E-state index in [4.69, 9.17) is 0 Å². The molecule has 0 bridgehead atoms. The zero-order valence-corrected chi connectivity index (χ0v) is 7.33. The molecule has 0 N–H and O–H groups in total. The van der Waals surface area contributed by atoms with Crippen molar-refractivity contribution in [1.82, 2.24) is 9.97 Å². The second-order valence-electron chi connectivity index (χ2n) is 1.72. The third kappa shape index (κ3) is 1.98. The predicted octanol–water partition coefficient (Wildman–Crippen LogP) is 1.03. The average Bonchev–Trinajstić information content (AvgIpc) is 2.03. The first-order valence-electron chi connectivity index (χ1n) is 2.80. The van der Waals surface area contributed by atoms with Crippen molar-refractivity contribution in [2.45, 2.75) is 0 Å². The Labute approximate surface area is 71.7 Å². The molecule has 1 rings (SSSR count). The Morgan fingerprint density at radius 1 is 1.64 bits per heavy atom. The highest BCUT2D eigenvalue weighted by Gasteiger charge is 2.06. The van der Waals surface area contributed by atoms with Crippen molar-refractivity contribution in [1.29, 1.82) is 0 Å². The number of aromatic nitrogens is 2. The van der Waals surface area contributed by atoms with Gasteiger partial charge in [0.05, 0.1) is 7.11 Å². The lowest BCUT2D eigenvalue weighted by molar-refractivity contribution is 0.0593. The number of ether oxygens (including phenoxy) is 1. The molecule has 1 heterocycles. The number of hydrogen-bond acceptors (Lipinski definition) is 4. The summed E-state index contributed by atoms with van der Waals surface area (Å²) < 4.78 is 5.00. The molecule has 0 aliphatic carbocycles. The summed E-state index contributed by atoms with van der Waals surface area (Å²) in [5.74, 6) is -0.465. The van der Waals surface area contributed by atoms with Crippen LogP contribution in [0.2, 0.25) is 0 Å². The summed E-state index contributed by atoms with van der Waals surface area (Å²) in [5.41, 5.74) is 0.245. The van der Waals surface area contributed by atoms with Gasteiger partial charge in [-0.05, 0) is 15.9 Å². The Morgan fingerprint density at radius 2 is 2.36 bits per heavy atom. The van der Waals surface area contributed by atoms with Crippen LogP contribution in [0.1, 0.15) is 10.5 Å². The average molecular weight is 217 g/mol. The van der Waals surface area contributed by atoms with Crippen LogP contribution in [-0.2, 0) is 4.74 Å². The van der Waals surface area contributed by atoms with Gasteiger partial charge in [-0.25, -0.2) is 14.8 Å². The molecule has 0 aliphatic rings. The van der Waals surface area contributed by atoms with Crippen LogP contribution in [0.25, 0.3) is 0 Å². The van der Waals surface area contributed by atoms with Gasteiger partial charge in [0.15, 0.2) is 5.69 Å². The van der Waals surface area contributed by atoms with Gasteiger partial charge in [-0.2, -0.15) is 0 Å². The van der Waals surface area contributed by atoms with Crippen LogP contribution in [0.3, 0.4) is 0 Å². The third-order valence-corrected chi connectivity index (χ3v) is 1.46. The largest absolute Gasteiger partial charge is 0.464 e. The quantitative estimate of drug-likeness (QED) is 0.520.